The molecule has 1 aliphatic rings. The molecule has 0 atom stereocenters. The number of imidazole rings is 1. The smallest absolute Gasteiger partial charge is 0.224 e. The minimum Gasteiger partial charge on any atom is -0.328 e. The van der Waals surface area contributed by atoms with Gasteiger partial charge in [-0.1, -0.05) is 12.1 Å². The van der Waals surface area contributed by atoms with E-state index in [-0.39, 0.29) is 5.91 Å². The number of nitrogens with zero attached hydrogens (tertiary/aromatic N) is 2. The summed E-state index contributed by atoms with van der Waals surface area (Å²) in [4.78, 5) is 16.2. The van der Waals surface area contributed by atoms with E-state index in [1.165, 1.54) is 0 Å². The molecule has 0 spiro atoms. The van der Waals surface area contributed by atoms with Gasteiger partial charge in [-0.25, -0.2) is 4.98 Å². The average molecular weight is 304 g/mol. The zero-order valence-corrected chi connectivity index (χ0v) is 12.6. The van der Waals surface area contributed by atoms with Gasteiger partial charge in [-0.2, -0.15) is 0 Å². The molecular weight excluding hydrogens is 286 g/mol. The predicted octanol–water partition coefficient (Wildman–Crippen LogP) is 3.45. The first-order valence-electron chi connectivity index (χ1n) is 7.28. The van der Waals surface area contributed by atoms with Crippen LogP contribution in [-0.4, -0.2) is 21.3 Å². The summed E-state index contributed by atoms with van der Waals surface area (Å²) >= 11 is 5.61. The van der Waals surface area contributed by atoms with Gasteiger partial charge in [0.05, 0.1) is 11.9 Å². The van der Waals surface area contributed by atoms with Gasteiger partial charge in [-0.15, -0.1) is 11.6 Å². The van der Waals surface area contributed by atoms with Gasteiger partial charge < -0.3 is 9.88 Å². The Kier molecular flexibility index (Phi) is 4.25. The van der Waals surface area contributed by atoms with Gasteiger partial charge in [0.15, 0.2) is 0 Å². The minimum atomic E-state index is 0.00585. The first-order valence-corrected chi connectivity index (χ1v) is 7.82. The molecule has 0 saturated heterocycles. The largest absolute Gasteiger partial charge is 0.328 e. The van der Waals surface area contributed by atoms with Gasteiger partial charge in [0, 0.05) is 36.5 Å². The maximum absolute atomic E-state index is 11.8. The van der Waals surface area contributed by atoms with Gasteiger partial charge in [-0.3, -0.25) is 4.79 Å². The van der Waals surface area contributed by atoms with Crippen LogP contribution in [0.1, 0.15) is 25.1 Å². The monoisotopic (exact) mass is 303 g/mol. The van der Waals surface area contributed by atoms with E-state index in [0.29, 0.717) is 18.7 Å². The quantitative estimate of drug-likeness (QED) is 0.860. The highest BCUT2D eigenvalue weighted by atomic mass is 35.5. The van der Waals surface area contributed by atoms with Gasteiger partial charge in [0.25, 0.3) is 0 Å². The molecule has 1 aromatic carbocycles. The first kappa shape index (κ1) is 14.1. The number of rotatable bonds is 5. The first-order chi connectivity index (χ1) is 10.3. The van der Waals surface area contributed by atoms with E-state index in [0.717, 1.165) is 42.2 Å². The number of alkyl halides is 1. The number of carbonyl (C=O) groups is 1. The van der Waals surface area contributed by atoms with E-state index in [1.54, 1.807) is 0 Å². The van der Waals surface area contributed by atoms with Crippen molar-refractivity contribution in [1.29, 1.82) is 0 Å². The number of aromatic nitrogens is 2. The van der Waals surface area contributed by atoms with Crippen molar-refractivity contribution in [3.63, 3.8) is 0 Å². The van der Waals surface area contributed by atoms with Crippen LogP contribution in [-0.2, 0) is 17.8 Å². The molecule has 4 nitrogen and oxygen atoms in total. The predicted molar refractivity (Wildman–Crippen MR) is 84.6 cm³/mol. The van der Waals surface area contributed by atoms with Crippen molar-refractivity contribution in [2.24, 2.45) is 0 Å². The molecule has 1 aromatic heterocycles. The Labute approximate surface area is 129 Å². The van der Waals surface area contributed by atoms with Crippen LogP contribution in [0.15, 0.2) is 30.5 Å². The van der Waals surface area contributed by atoms with E-state index >= 15 is 0 Å². The number of anilines is 1. The Morgan fingerprint density at radius 1 is 1.43 bits per heavy atom. The number of aryl methyl sites for hydroxylation is 1. The minimum absolute atomic E-state index is 0.00585. The number of carbonyl (C=O) groups excluding carboxylic acids is 1. The summed E-state index contributed by atoms with van der Waals surface area (Å²) in [6, 6.07) is 7.92. The molecule has 5 heteroatoms. The summed E-state index contributed by atoms with van der Waals surface area (Å²) in [6.45, 7) is 1.02. The fourth-order valence-electron chi connectivity index (χ4n) is 2.70. The Hall–Kier alpha value is -1.81. The van der Waals surface area contributed by atoms with E-state index < -0.39 is 0 Å². The second kappa shape index (κ2) is 6.31. The van der Waals surface area contributed by atoms with Crippen molar-refractivity contribution in [2.45, 2.75) is 32.2 Å². The Balaban J connectivity index is 1.78. The molecule has 0 bridgehead atoms. The molecule has 2 heterocycles. The number of halogens is 1. The van der Waals surface area contributed by atoms with Crippen molar-refractivity contribution in [3.8, 4) is 11.3 Å². The lowest BCUT2D eigenvalue weighted by Crippen LogP contribution is -2.11. The topological polar surface area (TPSA) is 46.9 Å². The van der Waals surface area contributed by atoms with E-state index in [1.807, 2.05) is 24.4 Å². The zero-order valence-electron chi connectivity index (χ0n) is 11.8. The van der Waals surface area contributed by atoms with Crippen molar-refractivity contribution in [2.75, 3.05) is 11.2 Å². The maximum atomic E-state index is 11.8. The van der Waals surface area contributed by atoms with Crippen LogP contribution >= 0.6 is 11.6 Å². The van der Waals surface area contributed by atoms with Gasteiger partial charge >= 0.3 is 0 Å². The standard InChI is InChI=1S/C16H18ClN3O/c17-8-2-7-16(21)19-13-5-1-4-12(10-13)14-11-18-15-6-3-9-20(14)15/h1,4-5,10-11H,2-3,6-9H2,(H,19,21). The summed E-state index contributed by atoms with van der Waals surface area (Å²) in [5.74, 6) is 1.67. The molecule has 110 valence electrons. The second-order valence-corrected chi connectivity index (χ2v) is 5.61. The van der Waals surface area contributed by atoms with Crippen LogP contribution in [0.5, 0.6) is 0 Å². The number of benzene rings is 1. The highest BCUT2D eigenvalue weighted by Gasteiger charge is 2.16. The van der Waals surface area contributed by atoms with Crippen molar-refractivity contribution in [3.05, 3.63) is 36.3 Å². The van der Waals surface area contributed by atoms with E-state index in [2.05, 4.69) is 20.9 Å². The molecule has 21 heavy (non-hydrogen) atoms. The lowest BCUT2D eigenvalue weighted by Gasteiger charge is -2.08. The van der Waals surface area contributed by atoms with Gasteiger partial charge in [0.1, 0.15) is 5.82 Å². The second-order valence-electron chi connectivity index (χ2n) is 5.24. The summed E-state index contributed by atoms with van der Waals surface area (Å²) in [5.41, 5.74) is 3.03. The highest BCUT2D eigenvalue weighted by molar-refractivity contribution is 6.18. The third kappa shape index (κ3) is 3.10. The van der Waals surface area contributed by atoms with Crippen molar-refractivity contribution < 1.29 is 4.79 Å². The number of nitrogens with one attached hydrogen (secondary N) is 1. The number of hydrogen-bond donors (Lipinski definition) is 1. The van der Waals surface area contributed by atoms with Crippen molar-refractivity contribution >= 4 is 23.2 Å². The average Bonchev–Trinajstić information content (AvgIpc) is 3.08. The third-order valence-corrected chi connectivity index (χ3v) is 3.97. The summed E-state index contributed by atoms with van der Waals surface area (Å²) in [6.07, 6.45) is 5.28. The highest BCUT2D eigenvalue weighted by Crippen LogP contribution is 2.27. The molecule has 0 unspecified atom stereocenters. The molecule has 0 radical (unpaired) electrons. The van der Waals surface area contributed by atoms with Crippen LogP contribution < -0.4 is 5.32 Å². The molecule has 1 N–H and O–H groups in total. The molecule has 1 aliphatic heterocycles. The van der Waals surface area contributed by atoms with Crippen molar-refractivity contribution in [1.82, 2.24) is 9.55 Å². The Morgan fingerprint density at radius 3 is 3.19 bits per heavy atom. The third-order valence-electron chi connectivity index (χ3n) is 3.70. The SMILES string of the molecule is O=C(CCCCl)Nc1cccc(-c2cnc3n2CCC3)c1. The zero-order chi connectivity index (χ0) is 14.7. The van der Waals surface area contributed by atoms with Crippen LogP contribution in [0, 0.1) is 0 Å². The molecule has 1 amide bonds. The number of amides is 1. The number of hydrogen-bond acceptors (Lipinski definition) is 2. The van der Waals surface area contributed by atoms with E-state index in [9.17, 15) is 4.79 Å². The summed E-state index contributed by atoms with van der Waals surface area (Å²) < 4.78 is 2.26. The molecule has 0 fully saturated rings. The lowest BCUT2D eigenvalue weighted by molar-refractivity contribution is -0.116. The fraction of sp³-hybridized carbons (Fsp3) is 0.375. The fourth-order valence-corrected chi connectivity index (χ4v) is 2.83. The van der Waals surface area contributed by atoms with Gasteiger partial charge in [0.2, 0.25) is 5.91 Å². The Morgan fingerprint density at radius 2 is 2.33 bits per heavy atom. The van der Waals surface area contributed by atoms with Gasteiger partial charge in [-0.05, 0) is 25.0 Å². The molecule has 0 saturated carbocycles. The lowest BCUT2D eigenvalue weighted by atomic mass is 10.1. The molecule has 3 rings (SSSR count). The maximum Gasteiger partial charge on any atom is 0.224 e. The van der Waals surface area contributed by atoms with Crippen LogP contribution in [0.4, 0.5) is 5.69 Å². The number of fused-ring (bicyclic) bond motifs is 1. The van der Waals surface area contributed by atoms with Crippen LogP contribution in [0.3, 0.4) is 0 Å². The molecular formula is C16H18ClN3O. The Bertz CT molecular complexity index is 651. The molecule has 0 aliphatic carbocycles. The normalized spacial score (nSPS) is 13.2. The summed E-state index contributed by atoms with van der Waals surface area (Å²) in [7, 11) is 0. The van der Waals surface area contributed by atoms with Crippen LogP contribution in [0.2, 0.25) is 0 Å². The van der Waals surface area contributed by atoms with Crippen LogP contribution in [0.25, 0.3) is 11.3 Å². The molecule has 2 aromatic rings. The summed E-state index contributed by atoms with van der Waals surface area (Å²) in [5, 5.41) is 2.92. The van der Waals surface area contributed by atoms with E-state index in [4.69, 9.17) is 11.6 Å².